The van der Waals surface area contributed by atoms with Crippen molar-refractivity contribution < 1.29 is 36.0 Å². The minimum absolute atomic E-state index is 0.0239. The van der Waals surface area contributed by atoms with Crippen molar-refractivity contribution in [2.24, 2.45) is 0 Å². The van der Waals surface area contributed by atoms with Gasteiger partial charge >= 0.3 is 6.18 Å². The number of hydrogen-bond donors (Lipinski definition) is 1. The van der Waals surface area contributed by atoms with Gasteiger partial charge in [-0.15, -0.1) is 11.8 Å². The van der Waals surface area contributed by atoms with Crippen LogP contribution < -0.4 is 10.1 Å². The van der Waals surface area contributed by atoms with Gasteiger partial charge in [0.25, 0.3) is 0 Å². The van der Waals surface area contributed by atoms with Crippen LogP contribution in [0.5, 0.6) is 5.75 Å². The minimum Gasteiger partial charge on any atom is -0.493 e. The maximum atomic E-state index is 14.3. The summed E-state index contributed by atoms with van der Waals surface area (Å²) in [6, 6.07) is 4.82. The Morgan fingerprint density at radius 2 is 2.03 bits per heavy atom. The molecule has 13 heteroatoms. The molecule has 1 N–H and O–H groups in total. The van der Waals surface area contributed by atoms with Crippen LogP contribution in [0.4, 0.5) is 27.6 Å². The molecule has 0 saturated carbocycles. The highest BCUT2D eigenvalue weighted by Gasteiger charge is 2.60. The third-order valence-electron chi connectivity index (χ3n) is 5.52. The molecule has 3 aromatic rings. The van der Waals surface area contributed by atoms with Gasteiger partial charge in [0.1, 0.15) is 10.4 Å². The van der Waals surface area contributed by atoms with E-state index in [4.69, 9.17) is 4.74 Å². The molecule has 3 heterocycles. The number of amides is 1. The summed E-state index contributed by atoms with van der Waals surface area (Å²) < 4.78 is 77.0. The van der Waals surface area contributed by atoms with E-state index in [-0.39, 0.29) is 22.8 Å². The normalized spacial score (nSPS) is 22.6. The number of benzene rings is 1. The SMILES string of the molecule is COc1c([C@@H]2C[C@](C)(C(F)(F)F)S[C@H]2C(=O)Nc2ccnc(-c3ncon3)c2)ccc(F)c1F. The van der Waals surface area contributed by atoms with Crippen LogP contribution in [-0.4, -0.2) is 44.3 Å². The fourth-order valence-electron chi connectivity index (χ4n) is 3.80. The van der Waals surface area contributed by atoms with Gasteiger partial charge in [-0.2, -0.15) is 22.5 Å². The van der Waals surface area contributed by atoms with E-state index in [0.717, 1.165) is 32.6 Å². The number of pyridine rings is 1. The summed E-state index contributed by atoms with van der Waals surface area (Å²) in [4.78, 5) is 21.1. The van der Waals surface area contributed by atoms with Crippen molar-refractivity contribution >= 4 is 23.4 Å². The second-order valence-corrected chi connectivity index (χ2v) is 9.38. The molecule has 1 aromatic carbocycles. The number of alkyl halides is 3. The second kappa shape index (κ2) is 8.85. The lowest BCUT2D eigenvalue weighted by molar-refractivity contribution is -0.155. The Morgan fingerprint density at radius 1 is 1.26 bits per heavy atom. The molecule has 1 aliphatic rings. The molecule has 0 unspecified atom stereocenters. The van der Waals surface area contributed by atoms with Crippen molar-refractivity contribution in [3.63, 3.8) is 0 Å². The Hall–Kier alpha value is -3.22. The monoisotopic (exact) mass is 500 g/mol. The van der Waals surface area contributed by atoms with E-state index in [1.165, 1.54) is 18.3 Å². The van der Waals surface area contributed by atoms with Crippen LogP contribution in [0, 0.1) is 11.6 Å². The number of methoxy groups -OCH3 is 1. The van der Waals surface area contributed by atoms with E-state index in [2.05, 4.69) is 25.0 Å². The molecule has 7 nitrogen and oxygen atoms in total. The molecule has 1 amide bonds. The molecule has 1 saturated heterocycles. The van der Waals surface area contributed by atoms with Crippen LogP contribution >= 0.6 is 11.8 Å². The molecular formula is C21H17F5N4O3S. The van der Waals surface area contributed by atoms with Gasteiger partial charge in [0, 0.05) is 23.4 Å². The first-order valence-corrected chi connectivity index (χ1v) is 10.7. The average Bonchev–Trinajstić information content (AvgIpc) is 3.44. The van der Waals surface area contributed by atoms with E-state index in [1.54, 1.807) is 0 Å². The van der Waals surface area contributed by atoms with Crippen molar-refractivity contribution in [2.75, 3.05) is 12.4 Å². The molecule has 4 rings (SSSR count). The van der Waals surface area contributed by atoms with E-state index >= 15 is 0 Å². The van der Waals surface area contributed by atoms with Gasteiger partial charge in [0.2, 0.25) is 23.9 Å². The number of anilines is 1. The third kappa shape index (κ3) is 4.31. The Balaban J connectivity index is 1.69. The molecule has 0 bridgehead atoms. The van der Waals surface area contributed by atoms with Crippen molar-refractivity contribution in [3.05, 3.63) is 54.1 Å². The first kappa shape index (κ1) is 23.9. The molecule has 180 valence electrons. The Labute approximate surface area is 194 Å². The molecule has 0 radical (unpaired) electrons. The summed E-state index contributed by atoms with van der Waals surface area (Å²) in [5, 5.41) is 4.94. The largest absolute Gasteiger partial charge is 0.493 e. The molecule has 0 aliphatic carbocycles. The lowest BCUT2D eigenvalue weighted by Gasteiger charge is -2.26. The van der Waals surface area contributed by atoms with Crippen molar-refractivity contribution in [1.29, 1.82) is 0 Å². The fourth-order valence-corrected chi connectivity index (χ4v) is 5.35. The number of hydrogen-bond acceptors (Lipinski definition) is 7. The number of rotatable bonds is 5. The number of ether oxygens (including phenoxy) is 1. The number of halogens is 5. The van der Waals surface area contributed by atoms with Crippen LogP contribution in [0.3, 0.4) is 0 Å². The predicted molar refractivity (Wildman–Crippen MR) is 112 cm³/mol. The van der Waals surface area contributed by atoms with Gasteiger partial charge in [-0.05, 0) is 31.5 Å². The fraction of sp³-hybridized carbons (Fsp3) is 0.333. The van der Waals surface area contributed by atoms with Crippen molar-refractivity contribution in [2.45, 2.75) is 35.4 Å². The molecule has 1 aliphatic heterocycles. The second-order valence-electron chi connectivity index (χ2n) is 7.74. The number of carbonyl (C=O) groups is 1. The molecule has 3 atom stereocenters. The first-order valence-electron chi connectivity index (χ1n) is 9.84. The molecule has 2 aromatic heterocycles. The summed E-state index contributed by atoms with van der Waals surface area (Å²) in [7, 11) is 1.08. The summed E-state index contributed by atoms with van der Waals surface area (Å²) >= 11 is 0.417. The summed E-state index contributed by atoms with van der Waals surface area (Å²) in [5.74, 6) is -4.78. The van der Waals surface area contributed by atoms with Gasteiger partial charge < -0.3 is 14.6 Å². The zero-order valence-electron chi connectivity index (χ0n) is 17.7. The molecule has 1 fully saturated rings. The number of aromatic nitrogens is 3. The summed E-state index contributed by atoms with van der Waals surface area (Å²) in [6.45, 7) is 0.977. The molecular weight excluding hydrogens is 483 g/mol. The number of nitrogens with one attached hydrogen (secondary N) is 1. The smallest absolute Gasteiger partial charge is 0.403 e. The van der Waals surface area contributed by atoms with Crippen LogP contribution in [0.25, 0.3) is 11.5 Å². The van der Waals surface area contributed by atoms with Crippen LogP contribution in [-0.2, 0) is 4.79 Å². The highest BCUT2D eigenvalue weighted by atomic mass is 32.2. The minimum atomic E-state index is -4.65. The summed E-state index contributed by atoms with van der Waals surface area (Å²) in [5.41, 5.74) is 0.478. The van der Waals surface area contributed by atoms with Crippen molar-refractivity contribution in [3.8, 4) is 17.3 Å². The zero-order valence-corrected chi connectivity index (χ0v) is 18.5. The van der Waals surface area contributed by atoms with E-state index in [9.17, 15) is 26.7 Å². The topological polar surface area (TPSA) is 90.1 Å². The van der Waals surface area contributed by atoms with Gasteiger partial charge in [0.15, 0.2) is 11.6 Å². The van der Waals surface area contributed by atoms with Crippen LogP contribution in [0.2, 0.25) is 0 Å². The molecule has 0 spiro atoms. The first-order chi connectivity index (χ1) is 16.0. The summed E-state index contributed by atoms with van der Waals surface area (Å²) in [6.07, 6.45) is -2.74. The average molecular weight is 500 g/mol. The maximum absolute atomic E-state index is 14.3. The van der Waals surface area contributed by atoms with Gasteiger partial charge in [-0.25, -0.2) is 4.39 Å². The Kier molecular flexibility index (Phi) is 6.23. The number of nitrogens with zero attached hydrogens (tertiary/aromatic N) is 3. The quantitative estimate of drug-likeness (QED) is 0.495. The highest BCUT2D eigenvalue weighted by molar-refractivity contribution is 8.02. The van der Waals surface area contributed by atoms with E-state index in [0.29, 0.717) is 11.8 Å². The molecule has 34 heavy (non-hydrogen) atoms. The Morgan fingerprint density at radius 3 is 2.68 bits per heavy atom. The zero-order chi connectivity index (χ0) is 24.7. The van der Waals surface area contributed by atoms with E-state index < -0.39 is 51.8 Å². The van der Waals surface area contributed by atoms with Gasteiger partial charge in [-0.1, -0.05) is 11.2 Å². The van der Waals surface area contributed by atoms with Crippen LogP contribution in [0.15, 0.2) is 41.4 Å². The third-order valence-corrected chi connectivity index (χ3v) is 7.24. The maximum Gasteiger partial charge on any atom is 0.403 e. The lowest BCUT2D eigenvalue weighted by Crippen LogP contribution is -2.37. The van der Waals surface area contributed by atoms with Gasteiger partial charge in [-0.3, -0.25) is 9.78 Å². The number of thioether (sulfide) groups is 1. The standard InChI is InChI=1S/C21H17F5N4O3S/c1-20(21(24,25)26)8-12(11-3-4-13(22)15(23)16(11)32-2)17(34-20)19(31)29-10-5-6-27-14(7-10)18-28-9-33-30-18/h3-7,9,12,17H,8H2,1-2H3,(H,27,29,31)/t12-,17+,20+/m0/s1. The Bertz CT molecular complexity index is 1210. The number of carbonyl (C=O) groups excluding carboxylic acids is 1. The van der Waals surface area contributed by atoms with Crippen LogP contribution in [0.1, 0.15) is 24.8 Å². The lowest BCUT2D eigenvalue weighted by atomic mass is 9.85. The van der Waals surface area contributed by atoms with Crippen molar-refractivity contribution in [1.82, 2.24) is 15.1 Å². The van der Waals surface area contributed by atoms with E-state index in [1.807, 2.05) is 0 Å². The van der Waals surface area contributed by atoms with Gasteiger partial charge in [0.05, 0.1) is 12.4 Å². The predicted octanol–water partition coefficient (Wildman–Crippen LogP) is 4.97. The highest BCUT2D eigenvalue weighted by Crippen LogP contribution is 2.59.